The van der Waals surface area contributed by atoms with E-state index in [2.05, 4.69) is 21.2 Å². The Kier molecular flexibility index (Phi) is 4.92. The molecule has 2 aromatic rings. The smallest absolute Gasteiger partial charge is 0.251 e. The number of carbonyl (C=O) groups excluding carboxylic acids is 1. The van der Waals surface area contributed by atoms with E-state index in [1.54, 1.807) is 19.2 Å². The number of amides is 1. The zero-order chi connectivity index (χ0) is 17.2. The second kappa shape index (κ2) is 6.95. The maximum atomic E-state index is 12.3. The van der Waals surface area contributed by atoms with Gasteiger partial charge in [-0.15, -0.1) is 0 Å². The van der Waals surface area contributed by atoms with Crippen LogP contribution >= 0.6 is 15.9 Å². The summed E-state index contributed by atoms with van der Waals surface area (Å²) in [6.07, 6.45) is 2.42. The van der Waals surface area contributed by atoms with E-state index in [-0.39, 0.29) is 12.5 Å². The molecule has 0 aromatic heterocycles. The Bertz CT molecular complexity index is 762. The molecule has 1 atom stereocenters. The highest BCUT2D eigenvalue weighted by Crippen LogP contribution is 2.36. The molecule has 1 aliphatic carbocycles. The van der Waals surface area contributed by atoms with Crippen molar-refractivity contribution >= 4 is 21.8 Å². The van der Waals surface area contributed by atoms with E-state index in [1.807, 2.05) is 30.3 Å². The summed E-state index contributed by atoms with van der Waals surface area (Å²) < 4.78 is 6.11. The molecule has 24 heavy (non-hydrogen) atoms. The van der Waals surface area contributed by atoms with Gasteiger partial charge in [0.25, 0.3) is 5.91 Å². The third-order valence-corrected chi connectivity index (χ3v) is 4.97. The molecule has 0 unspecified atom stereocenters. The number of nitrogens with one attached hydrogen (secondary N) is 1. The summed E-state index contributed by atoms with van der Waals surface area (Å²) >= 11 is 3.36. The van der Waals surface area contributed by atoms with E-state index >= 15 is 0 Å². The second-order valence-corrected chi connectivity index (χ2v) is 7.02. The van der Waals surface area contributed by atoms with Gasteiger partial charge >= 0.3 is 0 Å². The van der Waals surface area contributed by atoms with Crippen LogP contribution in [0.15, 0.2) is 46.9 Å². The van der Waals surface area contributed by atoms with Crippen LogP contribution in [0.4, 0.5) is 0 Å². The molecule has 2 aromatic carbocycles. The minimum atomic E-state index is -1.04. The van der Waals surface area contributed by atoms with Crippen molar-refractivity contribution in [2.45, 2.75) is 24.9 Å². The maximum absolute atomic E-state index is 12.3. The van der Waals surface area contributed by atoms with Crippen LogP contribution < -0.4 is 10.1 Å². The zero-order valence-electron chi connectivity index (χ0n) is 13.5. The monoisotopic (exact) mass is 389 g/mol. The molecule has 0 radical (unpaired) electrons. The zero-order valence-corrected chi connectivity index (χ0v) is 15.1. The molecule has 0 aliphatic heterocycles. The van der Waals surface area contributed by atoms with Crippen LogP contribution in [0.3, 0.4) is 0 Å². The van der Waals surface area contributed by atoms with E-state index in [0.717, 1.165) is 34.2 Å². The molecule has 5 heteroatoms. The van der Waals surface area contributed by atoms with E-state index in [0.29, 0.717) is 12.0 Å². The van der Waals surface area contributed by atoms with Gasteiger partial charge in [-0.05, 0) is 60.7 Å². The molecule has 0 saturated heterocycles. The standard InChI is InChI=1S/C19H20BrNO3/c1-24-16-7-8-17-13(11-16)5-3-9-19(17,23)12-21-18(22)14-4-2-6-15(20)10-14/h2,4,6-8,10-11,23H,3,5,9,12H2,1H3,(H,21,22)/t19-/m1/s1. The summed E-state index contributed by atoms with van der Waals surface area (Å²) in [5.41, 5.74) is 1.49. The van der Waals surface area contributed by atoms with Crippen molar-refractivity contribution < 1.29 is 14.6 Å². The fourth-order valence-corrected chi connectivity index (χ4v) is 3.60. The van der Waals surface area contributed by atoms with Crippen LogP contribution in [-0.2, 0) is 12.0 Å². The van der Waals surface area contributed by atoms with E-state index < -0.39 is 5.60 Å². The van der Waals surface area contributed by atoms with Gasteiger partial charge in [-0.25, -0.2) is 0 Å². The molecular weight excluding hydrogens is 370 g/mol. The lowest BCUT2D eigenvalue weighted by Crippen LogP contribution is -2.43. The number of fused-ring (bicyclic) bond motifs is 1. The summed E-state index contributed by atoms with van der Waals surface area (Å²) in [4.78, 5) is 12.3. The van der Waals surface area contributed by atoms with Gasteiger partial charge in [0.2, 0.25) is 0 Å². The van der Waals surface area contributed by atoms with Gasteiger partial charge in [0.15, 0.2) is 0 Å². The molecule has 4 nitrogen and oxygen atoms in total. The maximum Gasteiger partial charge on any atom is 0.251 e. The van der Waals surface area contributed by atoms with Gasteiger partial charge in [-0.1, -0.05) is 28.1 Å². The van der Waals surface area contributed by atoms with Crippen LogP contribution in [0.25, 0.3) is 0 Å². The first-order valence-corrected chi connectivity index (χ1v) is 8.75. The number of rotatable bonds is 4. The van der Waals surface area contributed by atoms with Gasteiger partial charge in [-0.2, -0.15) is 0 Å². The minimum Gasteiger partial charge on any atom is -0.497 e. The van der Waals surface area contributed by atoms with Crippen molar-refractivity contribution in [2.75, 3.05) is 13.7 Å². The lowest BCUT2D eigenvalue weighted by molar-refractivity contribution is 0.0189. The van der Waals surface area contributed by atoms with Crippen LogP contribution in [0.5, 0.6) is 5.75 Å². The van der Waals surface area contributed by atoms with Crippen molar-refractivity contribution in [2.24, 2.45) is 0 Å². The predicted molar refractivity (Wildman–Crippen MR) is 96.3 cm³/mol. The molecule has 0 bridgehead atoms. The van der Waals surface area contributed by atoms with Gasteiger partial charge in [0.05, 0.1) is 13.7 Å². The number of benzene rings is 2. The molecule has 0 heterocycles. The summed E-state index contributed by atoms with van der Waals surface area (Å²) in [6.45, 7) is 0.192. The first-order chi connectivity index (χ1) is 11.5. The number of hydrogen-bond donors (Lipinski definition) is 2. The molecule has 2 N–H and O–H groups in total. The Balaban J connectivity index is 1.77. The summed E-state index contributed by atoms with van der Waals surface area (Å²) in [5, 5.41) is 13.9. The molecule has 0 spiro atoms. The van der Waals surface area contributed by atoms with Crippen molar-refractivity contribution in [3.8, 4) is 5.75 Å². The number of carbonyl (C=O) groups is 1. The third kappa shape index (κ3) is 3.47. The predicted octanol–water partition coefficient (Wildman–Crippen LogP) is 3.41. The first kappa shape index (κ1) is 17.0. The molecule has 1 aliphatic rings. The fraction of sp³-hybridized carbons (Fsp3) is 0.316. The highest BCUT2D eigenvalue weighted by Gasteiger charge is 2.34. The molecule has 1 amide bonds. The minimum absolute atomic E-state index is 0.189. The number of aryl methyl sites for hydroxylation is 1. The van der Waals surface area contributed by atoms with Crippen molar-refractivity contribution in [1.29, 1.82) is 0 Å². The van der Waals surface area contributed by atoms with Crippen LogP contribution in [0.1, 0.15) is 34.3 Å². The van der Waals surface area contributed by atoms with Crippen LogP contribution in [-0.4, -0.2) is 24.7 Å². The van der Waals surface area contributed by atoms with Gasteiger partial charge in [-0.3, -0.25) is 4.79 Å². The number of hydrogen-bond acceptors (Lipinski definition) is 3. The number of aliphatic hydroxyl groups is 1. The van der Waals surface area contributed by atoms with Gasteiger partial charge < -0.3 is 15.2 Å². The molecule has 0 fully saturated rings. The fourth-order valence-electron chi connectivity index (χ4n) is 3.21. The van der Waals surface area contributed by atoms with Gasteiger partial charge in [0, 0.05) is 10.0 Å². The molecule has 0 saturated carbocycles. The van der Waals surface area contributed by atoms with E-state index in [9.17, 15) is 9.90 Å². The summed E-state index contributed by atoms with van der Waals surface area (Å²) in [5.74, 6) is 0.599. The van der Waals surface area contributed by atoms with Crippen molar-refractivity contribution in [1.82, 2.24) is 5.32 Å². The SMILES string of the molecule is COc1ccc2c(c1)CCC[C@@]2(O)CNC(=O)c1cccc(Br)c1. The molecule has 3 rings (SSSR count). The molecule has 126 valence electrons. The Labute approximate surface area is 150 Å². The Morgan fingerprint density at radius 2 is 2.17 bits per heavy atom. The quantitative estimate of drug-likeness (QED) is 0.841. The largest absolute Gasteiger partial charge is 0.497 e. The van der Waals surface area contributed by atoms with E-state index in [1.165, 1.54) is 0 Å². The normalized spacial score (nSPS) is 19.5. The highest BCUT2D eigenvalue weighted by atomic mass is 79.9. The summed E-state index contributed by atoms with van der Waals surface area (Å²) in [6, 6.07) is 12.9. The lowest BCUT2D eigenvalue weighted by atomic mass is 9.79. The molecular formula is C19H20BrNO3. The summed E-state index contributed by atoms with van der Waals surface area (Å²) in [7, 11) is 1.63. The Hall–Kier alpha value is -1.85. The first-order valence-electron chi connectivity index (χ1n) is 7.95. The van der Waals surface area contributed by atoms with Crippen LogP contribution in [0, 0.1) is 0 Å². The van der Waals surface area contributed by atoms with Crippen molar-refractivity contribution in [3.63, 3.8) is 0 Å². The highest BCUT2D eigenvalue weighted by molar-refractivity contribution is 9.10. The number of methoxy groups -OCH3 is 1. The van der Waals surface area contributed by atoms with Crippen LogP contribution in [0.2, 0.25) is 0 Å². The lowest BCUT2D eigenvalue weighted by Gasteiger charge is -2.35. The number of halogens is 1. The van der Waals surface area contributed by atoms with Crippen molar-refractivity contribution in [3.05, 3.63) is 63.6 Å². The Morgan fingerprint density at radius 1 is 1.33 bits per heavy atom. The average Bonchev–Trinajstić information content (AvgIpc) is 2.59. The Morgan fingerprint density at radius 3 is 2.92 bits per heavy atom. The van der Waals surface area contributed by atoms with E-state index in [4.69, 9.17) is 4.74 Å². The third-order valence-electron chi connectivity index (χ3n) is 4.48. The van der Waals surface area contributed by atoms with Gasteiger partial charge in [0.1, 0.15) is 11.4 Å². The average molecular weight is 390 g/mol. The second-order valence-electron chi connectivity index (χ2n) is 6.10. The topological polar surface area (TPSA) is 58.6 Å². The number of ether oxygens (including phenoxy) is 1.